The Morgan fingerprint density at radius 1 is 1.37 bits per heavy atom. The van der Waals surface area contributed by atoms with Crippen molar-refractivity contribution in [1.29, 1.82) is 0 Å². The summed E-state index contributed by atoms with van der Waals surface area (Å²) in [5, 5.41) is 12.8. The Morgan fingerprint density at radius 3 is 2.58 bits per heavy atom. The molecule has 0 aromatic carbocycles. The summed E-state index contributed by atoms with van der Waals surface area (Å²) in [7, 11) is 1.79. The first-order valence-corrected chi connectivity index (χ1v) is 7.70. The second kappa shape index (κ2) is 8.90. The largest absolute Gasteiger partial charge is 0.394 e. The van der Waals surface area contributed by atoms with Gasteiger partial charge < -0.3 is 20.1 Å². The Bertz CT molecular complexity index is 230. The quantitative estimate of drug-likeness (QED) is 0.667. The molecule has 0 spiro atoms. The van der Waals surface area contributed by atoms with Crippen LogP contribution in [0, 0.1) is 5.92 Å². The molecule has 1 rings (SSSR count). The molecular weight excluding hydrogens is 240 g/mol. The number of aliphatic hydroxyl groups is 1. The summed E-state index contributed by atoms with van der Waals surface area (Å²) < 4.78 is 5.23. The van der Waals surface area contributed by atoms with Crippen LogP contribution in [0.25, 0.3) is 0 Å². The number of nitrogens with one attached hydrogen (secondary N) is 1. The minimum Gasteiger partial charge on any atom is -0.394 e. The second-order valence-corrected chi connectivity index (χ2v) is 6.09. The van der Waals surface area contributed by atoms with Gasteiger partial charge in [-0.15, -0.1) is 0 Å². The third-order valence-corrected chi connectivity index (χ3v) is 4.26. The van der Waals surface area contributed by atoms with Crippen LogP contribution in [0.5, 0.6) is 0 Å². The molecule has 19 heavy (non-hydrogen) atoms. The van der Waals surface area contributed by atoms with Crippen molar-refractivity contribution < 1.29 is 9.84 Å². The van der Waals surface area contributed by atoms with Gasteiger partial charge >= 0.3 is 0 Å². The number of ether oxygens (including phenoxy) is 1. The third-order valence-electron chi connectivity index (χ3n) is 4.26. The molecule has 1 aliphatic heterocycles. The molecule has 0 amide bonds. The van der Waals surface area contributed by atoms with Crippen LogP contribution >= 0.6 is 0 Å². The molecule has 114 valence electrons. The zero-order chi connectivity index (χ0) is 14.1. The number of likely N-dealkylation sites (N-methyl/N-ethyl adjacent to an activating group) is 1. The van der Waals surface area contributed by atoms with Crippen molar-refractivity contribution >= 4 is 0 Å². The summed E-state index contributed by atoms with van der Waals surface area (Å²) in [4.78, 5) is 2.55. The van der Waals surface area contributed by atoms with Gasteiger partial charge in [-0.1, -0.05) is 6.92 Å². The summed E-state index contributed by atoms with van der Waals surface area (Å²) in [6.07, 6.45) is 4.71. The smallest absolute Gasteiger partial charge is 0.0610 e. The van der Waals surface area contributed by atoms with Gasteiger partial charge in [-0.3, -0.25) is 0 Å². The minimum atomic E-state index is -0.108. The number of likely N-dealkylation sites (tertiary alicyclic amines) is 1. The van der Waals surface area contributed by atoms with Crippen LogP contribution in [-0.2, 0) is 4.74 Å². The lowest BCUT2D eigenvalue weighted by molar-refractivity contribution is 0.0958. The number of piperidine rings is 1. The zero-order valence-corrected chi connectivity index (χ0v) is 13.0. The van der Waals surface area contributed by atoms with Crippen molar-refractivity contribution in [2.45, 2.75) is 45.1 Å². The number of nitrogens with zero attached hydrogens (tertiary/aromatic N) is 1. The van der Waals surface area contributed by atoms with E-state index in [0.29, 0.717) is 0 Å². The van der Waals surface area contributed by atoms with Crippen LogP contribution < -0.4 is 5.32 Å². The maximum absolute atomic E-state index is 9.46. The molecule has 4 heteroatoms. The lowest BCUT2D eigenvalue weighted by Crippen LogP contribution is -2.46. The van der Waals surface area contributed by atoms with Gasteiger partial charge in [0.25, 0.3) is 0 Å². The van der Waals surface area contributed by atoms with Crippen LogP contribution in [-0.4, -0.2) is 62.0 Å². The molecular formula is C15H32N2O2. The van der Waals surface area contributed by atoms with E-state index in [1.165, 1.54) is 25.9 Å². The summed E-state index contributed by atoms with van der Waals surface area (Å²) in [6.45, 7) is 9.81. The van der Waals surface area contributed by atoms with Gasteiger partial charge in [0, 0.05) is 19.3 Å². The lowest BCUT2D eigenvalue weighted by atomic mass is 9.95. The summed E-state index contributed by atoms with van der Waals surface area (Å²) in [6, 6.07) is 0. The first-order chi connectivity index (χ1) is 9.13. The van der Waals surface area contributed by atoms with Crippen LogP contribution in [0.2, 0.25) is 0 Å². The summed E-state index contributed by atoms with van der Waals surface area (Å²) >= 11 is 0. The van der Waals surface area contributed by atoms with Gasteiger partial charge in [-0.05, 0) is 64.7 Å². The number of hydrogen-bond donors (Lipinski definition) is 2. The Hall–Kier alpha value is -0.160. The Morgan fingerprint density at radius 2 is 2.05 bits per heavy atom. The van der Waals surface area contributed by atoms with Gasteiger partial charge in [0.15, 0.2) is 0 Å². The van der Waals surface area contributed by atoms with Gasteiger partial charge in [0.05, 0.1) is 6.61 Å². The van der Waals surface area contributed by atoms with Crippen LogP contribution in [0.3, 0.4) is 0 Å². The average molecular weight is 272 g/mol. The Kier molecular flexibility index (Phi) is 7.91. The summed E-state index contributed by atoms with van der Waals surface area (Å²) in [5.41, 5.74) is -0.108. The van der Waals surface area contributed by atoms with Crippen molar-refractivity contribution in [2.75, 3.05) is 46.5 Å². The van der Waals surface area contributed by atoms with E-state index in [4.69, 9.17) is 4.74 Å². The van der Waals surface area contributed by atoms with Gasteiger partial charge in [0.1, 0.15) is 0 Å². The van der Waals surface area contributed by atoms with E-state index in [-0.39, 0.29) is 12.1 Å². The molecule has 0 aromatic rings. The van der Waals surface area contributed by atoms with Crippen molar-refractivity contribution in [1.82, 2.24) is 10.2 Å². The second-order valence-electron chi connectivity index (χ2n) is 6.09. The van der Waals surface area contributed by atoms with Gasteiger partial charge in [-0.2, -0.15) is 0 Å². The Labute approximate surface area is 118 Å². The maximum atomic E-state index is 9.46. The van der Waals surface area contributed by atoms with E-state index >= 15 is 0 Å². The third kappa shape index (κ3) is 6.21. The maximum Gasteiger partial charge on any atom is 0.0610 e. The molecule has 0 saturated carbocycles. The molecule has 0 aliphatic carbocycles. The standard InChI is InChI=1S/C15H32N2O2/c1-4-16-15(2,13-18)8-5-9-17-10-6-14(7-11-17)12-19-3/h14,16,18H,4-13H2,1-3H3. The first-order valence-electron chi connectivity index (χ1n) is 7.70. The predicted molar refractivity (Wildman–Crippen MR) is 79.4 cm³/mol. The molecule has 0 aromatic heterocycles. The van der Waals surface area contributed by atoms with Crippen molar-refractivity contribution in [3.63, 3.8) is 0 Å². The molecule has 1 atom stereocenters. The molecule has 1 heterocycles. The molecule has 1 aliphatic rings. The van der Waals surface area contributed by atoms with E-state index in [2.05, 4.69) is 24.1 Å². The molecule has 1 saturated heterocycles. The highest BCUT2D eigenvalue weighted by Crippen LogP contribution is 2.19. The predicted octanol–water partition coefficient (Wildman–Crippen LogP) is 1.49. The van der Waals surface area contributed by atoms with Crippen LogP contribution in [0.1, 0.15) is 39.5 Å². The van der Waals surface area contributed by atoms with E-state index in [1.807, 2.05) is 0 Å². The highest BCUT2D eigenvalue weighted by Gasteiger charge is 2.23. The van der Waals surface area contributed by atoms with E-state index < -0.39 is 0 Å². The molecule has 1 unspecified atom stereocenters. The van der Waals surface area contributed by atoms with Crippen LogP contribution in [0.15, 0.2) is 0 Å². The molecule has 2 N–H and O–H groups in total. The normalized spacial score (nSPS) is 21.5. The van der Waals surface area contributed by atoms with Gasteiger partial charge in [0.2, 0.25) is 0 Å². The zero-order valence-electron chi connectivity index (χ0n) is 13.0. The SMILES string of the molecule is CCNC(C)(CO)CCCN1CCC(COC)CC1. The summed E-state index contributed by atoms with van der Waals surface area (Å²) in [5.74, 6) is 0.755. The van der Waals surface area contributed by atoms with E-state index in [9.17, 15) is 5.11 Å². The topological polar surface area (TPSA) is 44.7 Å². The van der Waals surface area contributed by atoms with Gasteiger partial charge in [-0.25, -0.2) is 0 Å². The lowest BCUT2D eigenvalue weighted by Gasteiger charge is -2.33. The highest BCUT2D eigenvalue weighted by molar-refractivity contribution is 4.82. The van der Waals surface area contributed by atoms with Crippen molar-refractivity contribution in [3.05, 3.63) is 0 Å². The van der Waals surface area contributed by atoms with Crippen molar-refractivity contribution in [3.8, 4) is 0 Å². The fourth-order valence-electron chi connectivity index (χ4n) is 2.96. The molecule has 0 bridgehead atoms. The number of hydrogen-bond acceptors (Lipinski definition) is 4. The fourth-order valence-corrected chi connectivity index (χ4v) is 2.96. The molecule has 4 nitrogen and oxygen atoms in total. The number of aliphatic hydroxyl groups excluding tert-OH is 1. The first kappa shape index (κ1) is 16.9. The van der Waals surface area contributed by atoms with E-state index in [1.54, 1.807) is 7.11 Å². The molecule has 1 fully saturated rings. The molecule has 0 radical (unpaired) electrons. The fraction of sp³-hybridized carbons (Fsp3) is 1.00. The monoisotopic (exact) mass is 272 g/mol. The Balaban J connectivity index is 2.16. The average Bonchev–Trinajstić information content (AvgIpc) is 2.41. The minimum absolute atomic E-state index is 0.108. The van der Waals surface area contributed by atoms with Crippen molar-refractivity contribution in [2.24, 2.45) is 5.92 Å². The van der Waals surface area contributed by atoms with E-state index in [0.717, 1.165) is 38.5 Å². The highest BCUT2D eigenvalue weighted by atomic mass is 16.5. The number of methoxy groups -OCH3 is 1. The van der Waals surface area contributed by atoms with Crippen LogP contribution in [0.4, 0.5) is 0 Å². The number of rotatable bonds is 9.